The van der Waals surface area contributed by atoms with E-state index in [9.17, 15) is 13.5 Å². The molecular formula is C16H28IN5O4S. The molecule has 0 spiro atoms. The van der Waals surface area contributed by atoms with Gasteiger partial charge in [-0.15, -0.1) is 24.0 Å². The highest BCUT2D eigenvalue weighted by Crippen LogP contribution is 2.24. The molecule has 27 heavy (non-hydrogen) atoms. The number of guanidine groups is 1. The summed E-state index contributed by atoms with van der Waals surface area (Å²) >= 11 is 0. The predicted octanol–water partition coefficient (Wildman–Crippen LogP) is 0.476. The number of aliphatic hydroxyl groups excluding tert-OH is 1. The van der Waals surface area contributed by atoms with Crippen LogP contribution < -0.4 is 5.32 Å². The van der Waals surface area contributed by atoms with Crippen LogP contribution in [0.5, 0.6) is 0 Å². The first kappa shape index (κ1) is 22.4. The molecular weight excluding hydrogens is 485 g/mol. The molecule has 1 aliphatic heterocycles. The molecule has 154 valence electrons. The quantitative estimate of drug-likeness (QED) is 0.335. The Morgan fingerprint density at radius 2 is 2.11 bits per heavy atom. The van der Waals surface area contributed by atoms with E-state index in [1.54, 1.807) is 13.1 Å². The second-order valence-electron chi connectivity index (χ2n) is 6.82. The zero-order valence-electron chi connectivity index (χ0n) is 15.5. The summed E-state index contributed by atoms with van der Waals surface area (Å²) in [7, 11) is -1.68. The van der Waals surface area contributed by atoms with Gasteiger partial charge in [0.15, 0.2) is 5.96 Å². The Kier molecular flexibility index (Phi) is 8.31. The lowest BCUT2D eigenvalue weighted by Gasteiger charge is -2.36. The van der Waals surface area contributed by atoms with Crippen LogP contribution in [0, 0.1) is 5.92 Å². The summed E-state index contributed by atoms with van der Waals surface area (Å²) in [4.78, 5) is 6.36. The van der Waals surface area contributed by atoms with Crippen molar-refractivity contribution in [2.24, 2.45) is 10.9 Å². The minimum absolute atomic E-state index is 0. The molecule has 1 aromatic rings. The van der Waals surface area contributed by atoms with E-state index in [1.807, 2.05) is 0 Å². The maximum absolute atomic E-state index is 12.5. The van der Waals surface area contributed by atoms with Gasteiger partial charge in [0, 0.05) is 51.8 Å². The maximum Gasteiger partial charge on any atom is 0.220 e. The largest absolute Gasteiger partial charge is 0.393 e. The van der Waals surface area contributed by atoms with Gasteiger partial charge in [-0.2, -0.15) is 4.31 Å². The van der Waals surface area contributed by atoms with Crippen LogP contribution in [0.4, 0.5) is 0 Å². The molecule has 2 fully saturated rings. The van der Waals surface area contributed by atoms with Crippen LogP contribution in [0.15, 0.2) is 21.8 Å². The summed E-state index contributed by atoms with van der Waals surface area (Å²) in [6.45, 7) is 2.66. The molecule has 1 saturated heterocycles. The first-order valence-electron chi connectivity index (χ1n) is 9.00. The second kappa shape index (κ2) is 10.0. The second-order valence-corrected chi connectivity index (χ2v) is 8.79. The van der Waals surface area contributed by atoms with Crippen LogP contribution in [0.2, 0.25) is 0 Å². The van der Waals surface area contributed by atoms with Crippen LogP contribution in [0.25, 0.3) is 0 Å². The van der Waals surface area contributed by atoms with Crippen LogP contribution in [0.1, 0.15) is 25.0 Å². The first-order valence-corrected chi connectivity index (χ1v) is 10.6. The van der Waals surface area contributed by atoms with Crippen LogP contribution in [-0.4, -0.2) is 79.7 Å². The average Bonchev–Trinajstić information content (AvgIpc) is 3.27. The molecule has 0 amide bonds. The molecule has 3 rings (SSSR count). The third kappa shape index (κ3) is 5.78. The molecule has 0 aromatic carbocycles. The Morgan fingerprint density at radius 3 is 2.67 bits per heavy atom. The Labute approximate surface area is 177 Å². The highest BCUT2D eigenvalue weighted by molar-refractivity contribution is 14.0. The summed E-state index contributed by atoms with van der Waals surface area (Å²) in [6.07, 6.45) is 4.10. The highest BCUT2D eigenvalue weighted by Gasteiger charge is 2.30. The van der Waals surface area contributed by atoms with E-state index in [2.05, 4.69) is 20.4 Å². The lowest BCUT2D eigenvalue weighted by Crippen LogP contribution is -2.54. The van der Waals surface area contributed by atoms with Crippen molar-refractivity contribution in [2.45, 2.75) is 31.1 Å². The number of aliphatic imine (C=N–C) groups is 1. The molecule has 11 heteroatoms. The number of rotatable bonds is 5. The van der Waals surface area contributed by atoms with E-state index in [1.165, 1.54) is 10.6 Å². The number of nitrogens with zero attached hydrogens (tertiary/aromatic N) is 4. The number of sulfonamides is 1. The first-order chi connectivity index (χ1) is 12.5. The Bertz CT molecular complexity index is 704. The Balaban J connectivity index is 0.00000261. The van der Waals surface area contributed by atoms with Gasteiger partial charge in [0.25, 0.3) is 0 Å². The molecule has 1 aliphatic carbocycles. The number of aromatic nitrogens is 1. The normalized spacial score (nSPS) is 24.7. The fourth-order valence-corrected chi connectivity index (χ4v) is 5.00. The molecule has 2 heterocycles. The third-order valence-corrected chi connectivity index (χ3v) is 6.92. The van der Waals surface area contributed by atoms with E-state index in [0.717, 1.165) is 25.2 Å². The van der Waals surface area contributed by atoms with Crippen molar-refractivity contribution in [3.63, 3.8) is 0 Å². The monoisotopic (exact) mass is 513 g/mol. The van der Waals surface area contributed by atoms with Crippen LogP contribution in [-0.2, 0) is 15.8 Å². The van der Waals surface area contributed by atoms with Gasteiger partial charge in [0.05, 0.1) is 11.8 Å². The topological polar surface area (TPSA) is 111 Å². The lowest BCUT2D eigenvalue weighted by atomic mass is 10.1. The Hall–Kier alpha value is -0.920. The van der Waals surface area contributed by atoms with Crippen molar-refractivity contribution >= 4 is 40.0 Å². The van der Waals surface area contributed by atoms with Crippen molar-refractivity contribution in [1.82, 2.24) is 19.7 Å². The number of nitrogens with one attached hydrogen (secondary N) is 1. The van der Waals surface area contributed by atoms with Gasteiger partial charge in [-0.1, -0.05) is 11.6 Å². The molecule has 2 N–H and O–H groups in total. The third-order valence-electron chi connectivity index (χ3n) is 5.11. The van der Waals surface area contributed by atoms with E-state index in [-0.39, 0.29) is 41.8 Å². The highest BCUT2D eigenvalue weighted by atomic mass is 127. The molecule has 1 aromatic heterocycles. The van der Waals surface area contributed by atoms with E-state index in [0.29, 0.717) is 38.4 Å². The van der Waals surface area contributed by atoms with E-state index >= 15 is 0 Å². The number of hydrogen-bond acceptors (Lipinski definition) is 6. The summed E-state index contributed by atoms with van der Waals surface area (Å²) < 4.78 is 31.2. The Morgan fingerprint density at radius 1 is 1.37 bits per heavy atom. The molecule has 2 unspecified atom stereocenters. The van der Waals surface area contributed by atoms with Gasteiger partial charge in [0.2, 0.25) is 10.0 Å². The fourth-order valence-electron chi connectivity index (χ4n) is 3.58. The molecule has 2 aliphatic rings. The van der Waals surface area contributed by atoms with Crippen molar-refractivity contribution in [3.8, 4) is 0 Å². The average molecular weight is 513 g/mol. The van der Waals surface area contributed by atoms with Crippen molar-refractivity contribution in [3.05, 3.63) is 18.0 Å². The summed E-state index contributed by atoms with van der Waals surface area (Å²) in [6, 6.07) is 1.57. The molecule has 9 nitrogen and oxygen atoms in total. The fraction of sp³-hybridized carbons (Fsp3) is 0.750. The molecule has 1 saturated carbocycles. The van der Waals surface area contributed by atoms with Gasteiger partial charge >= 0.3 is 0 Å². The predicted molar refractivity (Wildman–Crippen MR) is 112 cm³/mol. The van der Waals surface area contributed by atoms with Crippen molar-refractivity contribution in [2.75, 3.05) is 39.8 Å². The number of piperazine rings is 1. The maximum atomic E-state index is 12.5. The van der Waals surface area contributed by atoms with Crippen molar-refractivity contribution < 1.29 is 18.0 Å². The minimum atomic E-state index is -3.40. The van der Waals surface area contributed by atoms with Gasteiger partial charge < -0.3 is 19.8 Å². The van der Waals surface area contributed by atoms with Crippen LogP contribution >= 0.6 is 24.0 Å². The van der Waals surface area contributed by atoms with Crippen LogP contribution in [0.3, 0.4) is 0 Å². The zero-order chi connectivity index (χ0) is 18.6. The van der Waals surface area contributed by atoms with Gasteiger partial charge in [-0.25, -0.2) is 8.42 Å². The smallest absolute Gasteiger partial charge is 0.220 e. The minimum Gasteiger partial charge on any atom is -0.393 e. The van der Waals surface area contributed by atoms with E-state index < -0.39 is 10.0 Å². The van der Waals surface area contributed by atoms with Gasteiger partial charge in [-0.3, -0.25) is 4.99 Å². The van der Waals surface area contributed by atoms with Gasteiger partial charge in [0.1, 0.15) is 12.0 Å². The number of hydrogen-bond donors (Lipinski definition) is 2. The molecule has 0 bridgehead atoms. The SMILES string of the molecule is CN=C(NCC1CCCC1O)N1CCN(S(=O)(=O)Cc2ccon2)CC1.I. The standard InChI is InChI=1S/C16H27N5O4S.HI/c1-17-16(18-11-13-3-2-4-15(13)22)20-6-8-21(9-7-20)26(23,24)12-14-5-10-25-19-14;/h5,10,13,15,22H,2-4,6-9,11-12H2,1H3,(H,17,18);1H. The van der Waals surface area contributed by atoms with Crippen molar-refractivity contribution in [1.29, 1.82) is 0 Å². The number of halogens is 1. The number of aliphatic hydroxyl groups is 1. The summed E-state index contributed by atoms with van der Waals surface area (Å²) in [5.41, 5.74) is 0.417. The van der Waals surface area contributed by atoms with Gasteiger partial charge in [-0.05, 0) is 12.8 Å². The summed E-state index contributed by atoms with van der Waals surface area (Å²) in [5, 5.41) is 16.9. The molecule has 0 radical (unpaired) electrons. The zero-order valence-corrected chi connectivity index (χ0v) is 18.6. The summed E-state index contributed by atoms with van der Waals surface area (Å²) in [5.74, 6) is 0.879. The lowest BCUT2D eigenvalue weighted by molar-refractivity contribution is 0.133. The van der Waals surface area contributed by atoms with E-state index in [4.69, 9.17) is 4.52 Å². The molecule has 2 atom stereocenters.